The van der Waals surface area contributed by atoms with E-state index in [0.717, 1.165) is 37.2 Å². The molecule has 0 saturated carbocycles. The molecule has 1 heterocycles. The first-order valence-electron chi connectivity index (χ1n) is 6.21. The summed E-state index contributed by atoms with van der Waals surface area (Å²) in [6.07, 6.45) is 0. The summed E-state index contributed by atoms with van der Waals surface area (Å²) in [5.74, 6) is 1.87. The van der Waals surface area contributed by atoms with Gasteiger partial charge in [0.25, 0.3) is 0 Å². The molecule has 0 amide bonds. The van der Waals surface area contributed by atoms with Gasteiger partial charge in [-0.25, -0.2) is 4.98 Å². The lowest BCUT2D eigenvalue weighted by molar-refractivity contribution is 0.413. The number of aromatic nitrogens is 2. The van der Waals surface area contributed by atoms with E-state index in [9.17, 15) is 0 Å². The maximum Gasteiger partial charge on any atom is 0.142 e. The summed E-state index contributed by atoms with van der Waals surface area (Å²) in [4.78, 5) is 4.60. The van der Waals surface area contributed by atoms with Crippen molar-refractivity contribution in [1.29, 1.82) is 0 Å². The van der Waals surface area contributed by atoms with Crippen LogP contribution in [0.5, 0.6) is 5.75 Å². The van der Waals surface area contributed by atoms with Crippen LogP contribution >= 0.6 is 43.5 Å². The number of imidazole rings is 1. The van der Waals surface area contributed by atoms with Crippen LogP contribution < -0.4 is 4.74 Å². The molecule has 0 unspecified atom stereocenters. The van der Waals surface area contributed by atoms with Gasteiger partial charge >= 0.3 is 0 Å². The second-order valence-corrected chi connectivity index (χ2v) is 6.54. The first kappa shape index (κ1) is 14.9. The van der Waals surface area contributed by atoms with Crippen LogP contribution in [0.1, 0.15) is 5.82 Å². The van der Waals surface area contributed by atoms with E-state index in [1.54, 1.807) is 7.11 Å². The number of ether oxygens (including phenoxy) is 1. The summed E-state index contributed by atoms with van der Waals surface area (Å²) in [5, 5.41) is 0. The van der Waals surface area contributed by atoms with Gasteiger partial charge in [-0.1, -0.05) is 31.9 Å². The third-order valence-corrected chi connectivity index (χ3v) is 4.41. The summed E-state index contributed by atoms with van der Waals surface area (Å²) in [5.41, 5.74) is 2.79. The van der Waals surface area contributed by atoms with Gasteiger partial charge in [0.15, 0.2) is 0 Å². The number of rotatable bonds is 3. The maximum atomic E-state index is 6.08. The predicted molar refractivity (Wildman–Crippen MR) is 92.6 cm³/mol. The monoisotopic (exact) mass is 428 g/mol. The van der Waals surface area contributed by atoms with Crippen LogP contribution in [0.3, 0.4) is 0 Å². The molecule has 0 bridgehead atoms. The van der Waals surface area contributed by atoms with Crippen molar-refractivity contribution in [2.45, 2.75) is 5.88 Å². The van der Waals surface area contributed by atoms with E-state index in [2.05, 4.69) is 36.8 Å². The summed E-state index contributed by atoms with van der Waals surface area (Å²) in [7, 11) is 1.66. The van der Waals surface area contributed by atoms with E-state index < -0.39 is 0 Å². The molecule has 108 valence electrons. The molecule has 0 aliphatic heterocycles. The minimum absolute atomic E-state index is 0.321. The molecule has 0 fully saturated rings. The van der Waals surface area contributed by atoms with Crippen LogP contribution in [0.2, 0.25) is 0 Å². The average molecular weight is 431 g/mol. The van der Waals surface area contributed by atoms with Crippen molar-refractivity contribution in [2.75, 3.05) is 7.11 Å². The lowest BCUT2D eigenvalue weighted by atomic mass is 10.2. The molecule has 0 spiro atoms. The molecular weight excluding hydrogens is 419 g/mol. The third-order valence-electron chi connectivity index (χ3n) is 3.19. The topological polar surface area (TPSA) is 27.1 Å². The number of benzene rings is 2. The molecule has 3 rings (SSSR count). The summed E-state index contributed by atoms with van der Waals surface area (Å²) in [6.45, 7) is 0. The van der Waals surface area contributed by atoms with E-state index >= 15 is 0 Å². The molecule has 3 nitrogen and oxygen atoms in total. The van der Waals surface area contributed by atoms with Gasteiger partial charge in [0.05, 0.1) is 29.7 Å². The van der Waals surface area contributed by atoms with Crippen LogP contribution in [0, 0.1) is 0 Å². The lowest BCUT2D eigenvalue weighted by Gasteiger charge is -2.13. The summed E-state index contributed by atoms with van der Waals surface area (Å²) < 4.78 is 9.46. The van der Waals surface area contributed by atoms with Gasteiger partial charge in [0.2, 0.25) is 0 Å². The zero-order valence-corrected chi connectivity index (χ0v) is 15.0. The van der Waals surface area contributed by atoms with Crippen LogP contribution in [-0.2, 0) is 5.88 Å². The quantitative estimate of drug-likeness (QED) is 0.528. The molecule has 0 atom stereocenters. The largest absolute Gasteiger partial charge is 0.495 e. The molecule has 0 aliphatic rings. The molecule has 1 aromatic heterocycles. The second-order valence-electron chi connectivity index (χ2n) is 4.45. The number of nitrogens with zero attached hydrogens (tertiary/aromatic N) is 2. The van der Waals surface area contributed by atoms with E-state index in [1.807, 2.05) is 41.0 Å². The molecule has 21 heavy (non-hydrogen) atoms. The fourth-order valence-corrected chi connectivity index (χ4v) is 3.18. The minimum Gasteiger partial charge on any atom is -0.495 e. The number of halogens is 3. The summed E-state index contributed by atoms with van der Waals surface area (Å²) >= 11 is 13.1. The van der Waals surface area contributed by atoms with Crippen LogP contribution in [-0.4, -0.2) is 16.7 Å². The number of fused-ring (bicyclic) bond motifs is 1. The molecule has 6 heteroatoms. The van der Waals surface area contributed by atoms with Crippen LogP contribution in [0.25, 0.3) is 16.7 Å². The Labute approximate surface area is 144 Å². The smallest absolute Gasteiger partial charge is 0.142 e. The number of hydrogen-bond acceptors (Lipinski definition) is 2. The fourth-order valence-electron chi connectivity index (χ4n) is 2.30. The van der Waals surface area contributed by atoms with Gasteiger partial charge < -0.3 is 4.74 Å². The van der Waals surface area contributed by atoms with Gasteiger partial charge in [-0.05, 0) is 36.4 Å². The van der Waals surface area contributed by atoms with Crippen LogP contribution in [0.15, 0.2) is 45.3 Å². The van der Waals surface area contributed by atoms with Crippen molar-refractivity contribution in [3.8, 4) is 11.4 Å². The molecular formula is C15H11Br2ClN2O. The van der Waals surface area contributed by atoms with Crippen molar-refractivity contribution in [1.82, 2.24) is 9.55 Å². The van der Waals surface area contributed by atoms with Crippen molar-refractivity contribution in [2.24, 2.45) is 0 Å². The van der Waals surface area contributed by atoms with Crippen molar-refractivity contribution in [3.63, 3.8) is 0 Å². The molecule has 0 N–H and O–H groups in total. The lowest BCUT2D eigenvalue weighted by Crippen LogP contribution is -2.02. The maximum absolute atomic E-state index is 6.08. The van der Waals surface area contributed by atoms with Crippen molar-refractivity contribution >= 4 is 54.5 Å². The molecule has 0 aliphatic carbocycles. The molecule has 0 saturated heterocycles. The van der Waals surface area contributed by atoms with Crippen molar-refractivity contribution in [3.05, 3.63) is 51.2 Å². The number of hydrogen-bond donors (Lipinski definition) is 0. The van der Waals surface area contributed by atoms with Gasteiger partial charge in [0, 0.05) is 8.95 Å². The average Bonchev–Trinajstić information content (AvgIpc) is 2.84. The van der Waals surface area contributed by atoms with E-state index in [4.69, 9.17) is 16.3 Å². The van der Waals surface area contributed by atoms with Crippen molar-refractivity contribution < 1.29 is 4.74 Å². The third kappa shape index (κ3) is 2.70. The SMILES string of the molecule is COc1ccc(Br)cc1-n1c(CCl)nc2cc(Br)ccc21. The van der Waals surface area contributed by atoms with E-state index in [0.29, 0.717) is 5.88 Å². The number of methoxy groups -OCH3 is 1. The van der Waals surface area contributed by atoms with E-state index in [1.165, 1.54) is 0 Å². The van der Waals surface area contributed by atoms with Gasteiger partial charge in [-0.3, -0.25) is 4.57 Å². The Morgan fingerprint density at radius 2 is 1.86 bits per heavy atom. The summed E-state index contributed by atoms with van der Waals surface area (Å²) in [6, 6.07) is 11.8. The Morgan fingerprint density at radius 1 is 1.14 bits per heavy atom. The highest BCUT2D eigenvalue weighted by atomic mass is 79.9. The highest BCUT2D eigenvalue weighted by molar-refractivity contribution is 9.10. The standard InChI is InChI=1S/C15H11Br2ClN2O/c1-21-14-5-3-10(17)7-13(14)20-12-4-2-9(16)6-11(12)19-15(20)8-18/h2-7H,8H2,1H3. The zero-order chi connectivity index (χ0) is 15.0. The zero-order valence-electron chi connectivity index (χ0n) is 11.1. The van der Waals surface area contributed by atoms with Crippen LogP contribution in [0.4, 0.5) is 0 Å². The molecule has 3 aromatic rings. The molecule has 0 radical (unpaired) electrons. The second kappa shape index (κ2) is 5.99. The Bertz CT molecular complexity index is 817. The normalized spacial score (nSPS) is 11.0. The molecule has 2 aromatic carbocycles. The van der Waals surface area contributed by atoms with E-state index in [-0.39, 0.29) is 0 Å². The first-order valence-corrected chi connectivity index (χ1v) is 8.33. The highest BCUT2D eigenvalue weighted by Crippen LogP contribution is 2.32. The predicted octanol–water partition coefficient (Wildman–Crippen LogP) is 5.30. The van der Waals surface area contributed by atoms with Gasteiger partial charge in [0.1, 0.15) is 11.6 Å². The number of alkyl halides is 1. The fraction of sp³-hybridized carbons (Fsp3) is 0.133. The Balaban J connectivity index is 2.36. The Kier molecular flexibility index (Phi) is 4.24. The highest BCUT2D eigenvalue weighted by Gasteiger charge is 2.15. The first-order chi connectivity index (χ1) is 10.1. The Morgan fingerprint density at radius 3 is 2.57 bits per heavy atom. The Hall–Kier alpha value is -1.04. The van der Waals surface area contributed by atoms with Gasteiger partial charge in [-0.2, -0.15) is 0 Å². The minimum atomic E-state index is 0.321. The van der Waals surface area contributed by atoms with Gasteiger partial charge in [-0.15, -0.1) is 11.6 Å².